The smallest absolute Gasteiger partial charge is 0.401 e. The van der Waals surface area contributed by atoms with E-state index in [1.165, 1.54) is 20.9 Å². The highest BCUT2D eigenvalue weighted by molar-refractivity contribution is 5.86. The van der Waals surface area contributed by atoms with E-state index in [1.54, 1.807) is 12.1 Å². The molecule has 0 saturated carbocycles. The lowest BCUT2D eigenvalue weighted by Gasteiger charge is -2.25. The van der Waals surface area contributed by atoms with Crippen LogP contribution in [0.5, 0.6) is 5.75 Å². The number of rotatable bonds is 6. The minimum atomic E-state index is -4.42. The lowest BCUT2D eigenvalue weighted by Crippen LogP contribution is -2.53. The number of ether oxygens (including phenoxy) is 1. The summed E-state index contributed by atoms with van der Waals surface area (Å²) >= 11 is 0. The molecule has 0 bridgehead atoms. The van der Waals surface area contributed by atoms with Gasteiger partial charge in [0.15, 0.2) is 6.10 Å². The molecule has 1 aromatic carbocycles. The fourth-order valence-electron chi connectivity index (χ4n) is 2.04. The number of hydrogen-bond donors (Lipinski definition) is 2. The van der Waals surface area contributed by atoms with E-state index < -0.39 is 36.7 Å². The number of carbonyl (C=O) groups excluding carboxylic acids is 2. The molecule has 2 amide bonds. The average molecular weight is 375 g/mol. The summed E-state index contributed by atoms with van der Waals surface area (Å²) in [7, 11) is 1.17. The van der Waals surface area contributed by atoms with E-state index in [1.807, 2.05) is 19.9 Å². The zero-order chi connectivity index (χ0) is 20.1. The average Bonchev–Trinajstić information content (AvgIpc) is 2.54. The number of carbonyl (C=O) groups is 2. The van der Waals surface area contributed by atoms with E-state index in [4.69, 9.17) is 4.74 Å². The van der Waals surface area contributed by atoms with E-state index in [-0.39, 0.29) is 0 Å². The lowest BCUT2D eigenvalue weighted by atomic mass is 10.1. The van der Waals surface area contributed by atoms with Crippen LogP contribution in [0, 0.1) is 13.8 Å². The van der Waals surface area contributed by atoms with Crippen molar-refractivity contribution in [2.45, 2.75) is 46.0 Å². The first-order valence-electron chi connectivity index (χ1n) is 8.02. The fraction of sp³-hybridized carbons (Fsp3) is 0.529. The first kappa shape index (κ1) is 21.8. The van der Waals surface area contributed by atoms with Gasteiger partial charge in [-0.05, 0) is 51.9 Å². The van der Waals surface area contributed by atoms with Crippen molar-refractivity contribution in [1.29, 1.82) is 0 Å². The molecule has 0 saturated heterocycles. The Morgan fingerprint density at radius 2 is 1.73 bits per heavy atom. The quantitative estimate of drug-likeness (QED) is 0.747. The normalized spacial score (nSPS) is 13.9. The van der Waals surface area contributed by atoms with Gasteiger partial charge in [0.1, 0.15) is 5.75 Å². The van der Waals surface area contributed by atoms with Crippen LogP contribution >= 0.6 is 0 Å². The van der Waals surface area contributed by atoms with Crippen LogP contribution in [0.3, 0.4) is 0 Å². The Bertz CT molecular complexity index is 650. The van der Waals surface area contributed by atoms with Crippen LogP contribution in [0.1, 0.15) is 25.0 Å². The molecule has 6 nitrogen and oxygen atoms in total. The van der Waals surface area contributed by atoms with Crippen LogP contribution in [0.4, 0.5) is 13.2 Å². The van der Waals surface area contributed by atoms with Gasteiger partial charge in [-0.25, -0.2) is 0 Å². The van der Waals surface area contributed by atoms with E-state index in [0.717, 1.165) is 16.0 Å². The second-order valence-electron chi connectivity index (χ2n) is 6.14. The summed E-state index contributed by atoms with van der Waals surface area (Å²) in [6.45, 7) is 5.34. The third-order valence-corrected chi connectivity index (χ3v) is 4.01. The molecule has 0 aliphatic heterocycles. The maximum absolute atomic E-state index is 12.4. The second kappa shape index (κ2) is 8.88. The molecule has 0 fully saturated rings. The zero-order valence-corrected chi connectivity index (χ0v) is 15.4. The van der Waals surface area contributed by atoms with Gasteiger partial charge < -0.3 is 4.74 Å². The van der Waals surface area contributed by atoms with Gasteiger partial charge in [0, 0.05) is 0 Å². The van der Waals surface area contributed by atoms with Gasteiger partial charge in [-0.1, -0.05) is 12.1 Å². The number of amides is 2. The maximum Gasteiger partial charge on any atom is 0.401 e. The van der Waals surface area contributed by atoms with Crippen molar-refractivity contribution in [2.75, 3.05) is 13.6 Å². The summed E-state index contributed by atoms with van der Waals surface area (Å²) in [5, 5.41) is 0. The highest BCUT2D eigenvalue weighted by atomic mass is 19.4. The highest BCUT2D eigenvalue weighted by Gasteiger charge is 2.32. The van der Waals surface area contributed by atoms with Crippen molar-refractivity contribution in [3.8, 4) is 5.75 Å². The molecular formula is C17H24F3N3O3. The van der Waals surface area contributed by atoms with Gasteiger partial charge >= 0.3 is 6.18 Å². The van der Waals surface area contributed by atoms with E-state index in [9.17, 15) is 22.8 Å². The standard InChI is InChI=1S/C17H24F3N3O3/c1-10-7-6-8-14(11(10)2)26-13(4)16(25)22-21-15(24)12(3)23(5)9-17(18,19)20/h6-8,12-13H,9H2,1-5H3,(H,21,24)(H,22,25)/t12-,13-/m1/s1. The molecule has 26 heavy (non-hydrogen) atoms. The van der Waals surface area contributed by atoms with Crippen molar-refractivity contribution in [1.82, 2.24) is 15.8 Å². The van der Waals surface area contributed by atoms with Gasteiger partial charge in [0.2, 0.25) is 0 Å². The first-order chi connectivity index (χ1) is 11.9. The molecule has 0 aliphatic rings. The molecule has 0 radical (unpaired) electrons. The zero-order valence-electron chi connectivity index (χ0n) is 15.4. The minimum absolute atomic E-state index is 0.539. The predicted octanol–water partition coefficient (Wildman–Crippen LogP) is 2.10. The summed E-state index contributed by atoms with van der Waals surface area (Å²) in [6, 6.07) is 4.35. The van der Waals surface area contributed by atoms with Gasteiger partial charge in [0.25, 0.3) is 11.8 Å². The maximum atomic E-state index is 12.4. The number of hydrogen-bond acceptors (Lipinski definition) is 4. The van der Waals surface area contributed by atoms with Gasteiger partial charge in [-0.3, -0.25) is 25.3 Å². The molecule has 9 heteroatoms. The van der Waals surface area contributed by atoms with Gasteiger partial charge in [-0.2, -0.15) is 13.2 Å². The summed E-state index contributed by atoms with van der Waals surface area (Å²) < 4.78 is 42.6. The summed E-state index contributed by atoms with van der Waals surface area (Å²) in [5.41, 5.74) is 6.17. The van der Waals surface area contributed by atoms with E-state index in [2.05, 4.69) is 10.9 Å². The van der Waals surface area contributed by atoms with Gasteiger partial charge in [-0.15, -0.1) is 0 Å². The Hall–Kier alpha value is -2.29. The topological polar surface area (TPSA) is 70.7 Å². The highest BCUT2D eigenvalue weighted by Crippen LogP contribution is 2.21. The van der Waals surface area contributed by atoms with Crippen molar-refractivity contribution < 1.29 is 27.5 Å². The van der Waals surface area contributed by atoms with Crippen LogP contribution in [-0.2, 0) is 9.59 Å². The molecule has 0 heterocycles. The molecule has 0 aromatic heterocycles. The van der Waals surface area contributed by atoms with Gasteiger partial charge in [0.05, 0.1) is 12.6 Å². The molecule has 0 aliphatic carbocycles. The van der Waals surface area contributed by atoms with Crippen molar-refractivity contribution in [3.05, 3.63) is 29.3 Å². The minimum Gasteiger partial charge on any atom is -0.481 e. The summed E-state index contributed by atoms with van der Waals surface area (Å²) in [4.78, 5) is 24.7. The number of nitrogens with one attached hydrogen (secondary N) is 2. The van der Waals surface area contributed by atoms with Crippen molar-refractivity contribution in [2.24, 2.45) is 0 Å². The fourth-order valence-corrected chi connectivity index (χ4v) is 2.04. The van der Waals surface area contributed by atoms with Crippen LogP contribution < -0.4 is 15.6 Å². The second-order valence-corrected chi connectivity index (χ2v) is 6.14. The van der Waals surface area contributed by atoms with Crippen molar-refractivity contribution in [3.63, 3.8) is 0 Å². The molecule has 2 N–H and O–H groups in total. The first-order valence-corrected chi connectivity index (χ1v) is 8.02. The number of nitrogens with zero attached hydrogens (tertiary/aromatic N) is 1. The van der Waals surface area contributed by atoms with Crippen LogP contribution in [0.15, 0.2) is 18.2 Å². The van der Waals surface area contributed by atoms with Crippen molar-refractivity contribution >= 4 is 11.8 Å². The molecule has 2 atom stereocenters. The number of hydrazine groups is 1. The Morgan fingerprint density at radius 3 is 2.31 bits per heavy atom. The number of benzene rings is 1. The molecule has 1 aromatic rings. The Balaban J connectivity index is 2.54. The van der Waals surface area contributed by atoms with Crippen LogP contribution in [0.25, 0.3) is 0 Å². The van der Waals surface area contributed by atoms with E-state index in [0.29, 0.717) is 5.75 Å². The SMILES string of the molecule is Cc1cccc(O[C@H](C)C(=O)NNC(=O)[C@@H](C)N(C)CC(F)(F)F)c1C. The summed E-state index contributed by atoms with van der Waals surface area (Å²) in [5.74, 6) is -0.841. The Kier molecular flexibility index (Phi) is 7.43. The predicted molar refractivity (Wildman–Crippen MR) is 90.4 cm³/mol. The lowest BCUT2D eigenvalue weighted by molar-refractivity contribution is -0.152. The molecule has 0 spiro atoms. The number of likely N-dealkylation sites (N-methyl/N-ethyl adjacent to an activating group) is 1. The number of halogens is 3. The van der Waals surface area contributed by atoms with E-state index >= 15 is 0 Å². The Labute approximate surface area is 150 Å². The molecule has 146 valence electrons. The largest absolute Gasteiger partial charge is 0.481 e. The monoisotopic (exact) mass is 375 g/mol. The van der Waals surface area contributed by atoms with Crippen LogP contribution in [-0.4, -0.2) is 48.6 Å². The number of aryl methyl sites for hydroxylation is 1. The third kappa shape index (κ3) is 6.55. The number of alkyl halides is 3. The summed E-state index contributed by atoms with van der Waals surface area (Å²) in [6.07, 6.45) is -5.32. The van der Waals surface area contributed by atoms with Crippen LogP contribution in [0.2, 0.25) is 0 Å². The third-order valence-electron chi connectivity index (χ3n) is 4.01. The molecule has 1 rings (SSSR count). The molecule has 0 unspecified atom stereocenters. The Morgan fingerprint density at radius 1 is 1.15 bits per heavy atom. The molecular weight excluding hydrogens is 351 g/mol.